The number of amides is 1. The molecule has 0 atom stereocenters. The number of aliphatic imine (C=N–C) groups is 1. The summed E-state index contributed by atoms with van der Waals surface area (Å²) in [6.45, 7) is 0.458. The van der Waals surface area contributed by atoms with Gasteiger partial charge in [-0.05, 0) is 63.3 Å². The number of hydrazone groups is 1. The molecule has 170 valence electrons. The van der Waals surface area contributed by atoms with Crippen LogP contribution in [0, 0.1) is 5.41 Å². The molecular weight excluding hydrogens is 476 g/mol. The van der Waals surface area contributed by atoms with Gasteiger partial charge in [0.05, 0.1) is 10.5 Å². The Morgan fingerprint density at radius 1 is 0.971 bits per heavy atom. The van der Waals surface area contributed by atoms with Crippen molar-refractivity contribution in [1.29, 1.82) is 5.41 Å². The minimum absolute atomic E-state index is 0.0235. The number of thiophene rings is 1. The van der Waals surface area contributed by atoms with Crippen molar-refractivity contribution in [3.63, 3.8) is 0 Å². The predicted octanol–water partition coefficient (Wildman–Crippen LogP) is 6.15. The monoisotopic (exact) mass is 494 g/mol. The number of rotatable bonds is 5. The van der Waals surface area contributed by atoms with Gasteiger partial charge in [-0.2, -0.15) is 15.1 Å². The minimum Gasteiger partial charge on any atom is -0.489 e. The first-order chi connectivity index (χ1) is 17.2. The van der Waals surface area contributed by atoms with Gasteiger partial charge < -0.3 is 4.74 Å². The van der Waals surface area contributed by atoms with Crippen molar-refractivity contribution in [3.05, 3.63) is 106 Å². The zero-order valence-corrected chi connectivity index (χ0v) is 20.0. The Bertz CT molecular complexity index is 1550. The van der Waals surface area contributed by atoms with E-state index in [0.717, 1.165) is 26.8 Å². The molecule has 2 aliphatic rings. The maximum absolute atomic E-state index is 12.7. The Hall–Kier alpha value is -4.01. The van der Waals surface area contributed by atoms with E-state index in [0.29, 0.717) is 11.8 Å². The molecule has 2 aliphatic heterocycles. The standard InChI is InChI=1S/C27H18N4O2S2/c28-24-22(25(32)29-27-31(24)30-26(35-27)23-9-4-14-34-23)15-17-10-12-20(13-11-17)33-16-19-7-3-6-18-5-1-2-8-21(18)19/h1-15,28H,16H2. The van der Waals surface area contributed by atoms with Crippen LogP contribution in [-0.2, 0) is 11.4 Å². The van der Waals surface area contributed by atoms with Crippen molar-refractivity contribution in [2.45, 2.75) is 6.61 Å². The van der Waals surface area contributed by atoms with E-state index >= 15 is 0 Å². The van der Waals surface area contributed by atoms with Gasteiger partial charge >= 0.3 is 0 Å². The van der Waals surface area contributed by atoms with Crippen molar-refractivity contribution in [2.24, 2.45) is 10.1 Å². The second-order valence-electron chi connectivity index (χ2n) is 7.90. The van der Waals surface area contributed by atoms with Crippen LogP contribution in [-0.4, -0.2) is 27.0 Å². The van der Waals surface area contributed by atoms with Gasteiger partial charge in [-0.3, -0.25) is 10.2 Å². The second kappa shape index (κ2) is 8.98. The average molecular weight is 495 g/mol. The molecule has 3 aromatic carbocycles. The molecular formula is C27H18N4O2S2. The highest BCUT2D eigenvalue weighted by Gasteiger charge is 2.36. The van der Waals surface area contributed by atoms with Gasteiger partial charge in [-0.25, -0.2) is 0 Å². The van der Waals surface area contributed by atoms with Crippen LogP contribution in [0.5, 0.6) is 5.75 Å². The molecule has 0 saturated heterocycles. The fraction of sp³-hybridized carbons (Fsp3) is 0.0370. The zero-order chi connectivity index (χ0) is 23.8. The molecule has 0 radical (unpaired) electrons. The van der Waals surface area contributed by atoms with Gasteiger partial charge in [0.1, 0.15) is 17.4 Å². The molecule has 4 aromatic rings. The van der Waals surface area contributed by atoms with Gasteiger partial charge in [0.15, 0.2) is 5.84 Å². The van der Waals surface area contributed by atoms with Crippen LogP contribution < -0.4 is 4.74 Å². The Morgan fingerprint density at radius 3 is 2.63 bits per heavy atom. The fourth-order valence-corrected chi connectivity index (χ4v) is 5.58. The van der Waals surface area contributed by atoms with E-state index in [9.17, 15) is 4.79 Å². The number of thioether (sulfide) groups is 1. The molecule has 0 unspecified atom stereocenters. The van der Waals surface area contributed by atoms with Crippen LogP contribution in [0.2, 0.25) is 0 Å². The summed E-state index contributed by atoms with van der Waals surface area (Å²) in [6.07, 6.45) is 1.67. The molecule has 0 fully saturated rings. The lowest BCUT2D eigenvalue weighted by atomic mass is 10.1. The Kier molecular flexibility index (Phi) is 5.52. The second-order valence-corrected chi connectivity index (χ2v) is 9.80. The van der Waals surface area contributed by atoms with Crippen LogP contribution in [0.15, 0.2) is 99.9 Å². The number of benzene rings is 3. The van der Waals surface area contributed by atoms with Crippen molar-refractivity contribution in [1.82, 2.24) is 5.01 Å². The number of carbonyl (C=O) groups excluding carboxylic acids is 1. The smallest absolute Gasteiger partial charge is 0.283 e. The summed E-state index contributed by atoms with van der Waals surface area (Å²) >= 11 is 2.87. The number of hydrogen-bond donors (Lipinski definition) is 1. The Morgan fingerprint density at radius 2 is 1.80 bits per heavy atom. The summed E-state index contributed by atoms with van der Waals surface area (Å²) < 4.78 is 6.01. The maximum atomic E-state index is 12.7. The summed E-state index contributed by atoms with van der Waals surface area (Å²) in [6, 6.07) is 25.8. The van der Waals surface area contributed by atoms with Crippen LogP contribution in [0.25, 0.3) is 16.8 Å². The van der Waals surface area contributed by atoms with E-state index in [1.165, 1.54) is 27.5 Å². The molecule has 6 rings (SSSR count). The molecule has 6 nitrogen and oxygen atoms in total. The van der Waals surface area contributed by atoms with Gasteiger partial charge in [0, 0.05) is 0 Å². The summed E-state index contributed by atoms with van der Waals surface area (Å²) in [5, 5.41) is 20.0. The van der Waals surface area contributed by atoms with Crippen LogP contribution >= 0.6 is 23.1 Å². The van der Waals surface area contributed by atoms with E-state index in [-0.39, 0.29) is 11.4 Å². The Balaban J connectivity index is 1.19. The molecule has 35 heavy (non-hydrogen) atoms. The number of fused-ring (bicyclic) bond motifs is 2. The number of nitrogens with one attached hydrogen (secondary N) is 1. The first-order valence-corrected chi connectivity index (χ1v) is 12.6. The fourth-order valence-electron chi connectivity index (χ4n) is 3.90. The highest BCUT2D eigenvalue weighted by atomic mass is 32.2. The maximum Gasteiger partial charge on any atom is 0.283 e. The van der Waals surface area contributed by atoms with Gasteiger partial charge in [0.2, 0.25) is 5.17 Å². The number of nitrogens with zero attached hydrogens (tertiary/aromatic N) is 3. The van der Waals surface area contributed by atoms with E-state index in [1.807, 2.05) is 60.0 Å². The number of amidine groups is 2. The highest BCUT2D eigenvalue weighted by molar-refractivity contribution is 8.27. The normalized spacial score (nSPS) is 16.5. The molecule has 0 saturated carbocycles. The van der Waals surface area contributed by atoms with Gasteiger partial charge in [-0.1, -0.05) is 60.7 Å². The topological polar surface area (TPSA) is 78.1 Å². The van der Waals surface area contributed by atoms with Gasteiger partial charge in [0.25, 0.3) is 5.91 Å². The van der Waals surface area contributed by atoms with E-state index in [2.05, 4.69) is 34.4 Å². The molecule has 1 aromatic heterocycles. The average Bonchev–Trinajstić information content (AvgIpc) is 3.56. The summed E-state index contributed by atoms with van der Waals surface area (Å²) in [5.41, 5.74) is 2.11. The third-order valence-corrected chi connectivity index (χ3v) is 7.60. The van der Waals surface area contributed by atoms with Crippen LogP contribution in [0.4, 0.5) is 0 Å². The third kappa shape index (κ3) is 4.18. The third-order valence-electron chi connectivity index (χ3n) is 5.65. The lowest BCUT2D eigenvalue weighted by molar-refractivity contribution is -0.114. The predicted molar refractivity (Wildman–Crippen MR) is 143 cm³/mol. The van der Waals surface area contributed by atoms with Gasteiger partial charge in [-0.15, -0.1) is 11.3 Å². The van der Waals surface area contributed by atoms with Crippen molar-refractivity contribution in [3.8, 4) is 5.75 Å². The lowest BCUT2D eigenvalue weighted by Crippen LogP contribution is -2.35. The lowest BCUT2D eigenvalue weighted by Gasteiger charge is -2.20. The van der Waals surface area contributed by atoms with E-state index in [1.54, 1.807) is 17.4 Å². The first-order valence-electron chi connectivity index (χ1n) is 10.9. The zero-order valence-electron chi connectivity index (χ0n) is 18.3. The molecule has 3 heterocycles. The van der Waals surface area contributed by atoms with Crippen LogP contribution in [0.3, 0.4) is 0 Å². The minimum atomic E-state index is -0.437. The molecule has 1 amide bonds. The SMILES string of the molecule is N=C1C(=Cc2ccc(OCc3cccc4ccccc34)cc2)C(=O)N=C2SC(c3cccs3)=NN12. The Labute approximate surface area is 209 Å². The first kappa shape index (κ1) is 21.5. The van der Waals surface area contributed by atoms with E-state index < -0.39 is 5.91 Å². The summed E-state index contributed by atoms with van der Waals surface area (Å²) in [7, 11) is 0. The number of carbonyl (C=O) groups is 1. The van der Waals surface area contributed by atoms with Crippen LogP contribution in [0.1, 0.15) is 16.0 Å². The van der Waals surface area contributed by atoms with E-state index in [4.69, 9.17) is 10.1 Å². The molecule has 0 aliphatic carbocycles. The number of ether oxygens (including phenoxy) is 1. The van der Waals surface area contributed by atoms with Crippen molar-refractivity contribution in [2.75, 3.05) is 0 Å². The quantitative estimate of drug-likeness (QED) is 0.338. The van der Waals surface area contributed by atoms with Crippen molar-refractivity contribution < 1.29 is 9.53 Å². The van der Waals surface area contributed by atoms with Crippen molar-refractivity contribution >= 4 is 61.9 Å². The summed E-state index contributed by atoms with van der Waals surface area (Å²) in [5.74, 6) is 0.314. The summed E-state index contributed by atoms with van der Waals surface area (Å²) in [4.78, 5) is 17.8. The highest BCUT2D eigenvalue weighted by Crippen LogP contribution is 2.32. The molecule has 1 N–H and O–H groups in total. The molecule has 0 bridgehead atoms. The molecule has 8 heteroatoms. The largest absolute Gasteiger partial charge is 0.489 e. The molecule has 0 spiro atoms. The number of hydrogen-bond acceptors (Lipinski definition) is 6.